The molecule has 3 N–H and O–H groups in total. The van der Waals surface area contributed by atoms with Crippen molar-refractivity contribution in [1.29, 1.82) is 5.41 Å². The maximum atomic E-state index is 13.4. The number of piperidine rings is 1. The summed E-state index contributed by atoms with van der Waals surface area (Å²) in [6, 6.07) is 4.61. The molecule has 0 radical (unpaired) electrons. The van der Waals surface area contributed by atoms with Crippen molar-refractivity contribution in [3.05, 3.63) is 29.6 Å². The highest BCUT2D eigenvalue weighted by atomic mass is 19.1. The van der Waals surface area contributed by atoms with E-state index < -0.39 is 0 Å². The van der Waals surface area contributed by atoms with Crippen LogP contribution in [0, 0.1) is 16.6 Å². The van der Waals surface area contributed by atoms with Crippen molar-refractivity contribution in [2.75, 3.05) is 18.0 Å². The second-order valence-corrected chi connectivity index (χ2v) is 6.62. The smallest absolute Gasteiger partial charge is 0.125 e. The molecule has 21 heavy (non-hydrogen) atoms. The molecule has 3 nitrogen and oxygen atoms in total. The standard InChI is InChI=1S/C17H24FN3/c18-13-4-5-15(14(12-13)16(19)20)21-10-8-17(9-11-21)6-2-1-3-7-17/h4-5,12H,1-3,6-11H2,(H3,19,20). The zero-order chi connectivity index (χ0) is 14.9. The molecular formula is C17H24FN3. The largest absolute Gasteiger partial charge is 0.384 e. The molecule has 1 aromatic carbocycles. The van der Waals surface area contributed by atoms with Crippen molar-refractivity contribution in [1.82, 2.24) is 0 Å². The highest BCUT2D eigenvalue weighted by Gasteiger charge is 2.35. The van der Waals surface area contributed by atoms with Crippen LogP contribution in [0.15, 0.2) is 18.2 Å². The Morgan fingerprint density at radius 1 is 1.10 bits per heavy atom. The predicted molar refractivity (Wildman–Crippen MR) is 84.4 cm³/mol. The molecule has 1 aromatic rings. The molecular weight excluding hydrogens is 265 g/mol. The molecule has 1 saturated heterocycles. The molecule has 4 heteroatoms. The van der Waals surface area contributed by atoms with E-state index in [2.05, 4.69) is 4.90 Å². The molecule has 2 aliphatic rings. The molecule has 1 aliphatic heterocycles. The second kappa shape index (κ2) is 5.66. The quantitative estimate of drug-likeness (QED) is 0.645. The van der Waals surface area contributed by atoms with Gasteiger partial charge in [-0.05, 0) is 49.3 Å². The highest BCUT2D eigenvalue weighted by molar-refractivity contribution is 6.00. The third-order valence-electron chi connectivity index (χ3n) is 5.33. The number of nitrogens with zero attached hydrogens (tertiary/aromatic N) is 1. The van der Waals surface area contributed by atoms with Gasteiger partial charge in [-0.15, -0.1) is 0 Å². The van der Waals surface area contributed by atoms with Crippen LogP contribution in [0.4, 0.5) is 10.1 Å². The van der Waals surface area contributed by atoms with Gasteiger partial charge in [0.05, 0.1) is 0 Å². The maximum absolute atomic E-state index is 13.4. The van der Waals surface area contributed by atoms with Crippen molar-refractivity contribution in [3.63, 3.8) is 0 Å². The molecule has 1 aliphatic carbocycles. The van der Waals surface area contributed by atoms with E-state index in [4.69, 9.17) is 11.1 Å². The number of hydrogen-bond acceptors (Lipinski definition) is 2. The first-order valence-corrected chi connectivity index (χ1v) is 7.99. The van der Waals surface area contributed by atoms with Gasteiger partial charge in [0.1, 0.15) is 11.7 Å². The summed E-state index contributed by atoms with van der Waals surface area (Å²) in [4.78, 5) is 2.27. The van der Waals surface area contributed by atoms with Gasteiger partial charge in [-0.1, -0.05) is 19.3 Å². The van der Waals surface area contributed by atoms with Gasteiger partial charge in [-0.25, -0.2) is 4.39 Å². The highest BCUT2D eigenvalue weighted by Crippen LogP contribution is 2.45. The molecule has 0 amide bonds. The van der Waals surface area contributed by atoms with E-state index in [1.165, 1.54) is 57.1 Å². The second-order valence-electron chi connectivity index (χ2n) is 6.62. The number of rotatable bonds is 2. The topological polar surface area (TPSA) is 53.1 Å². The monoisotopic (exact) mass is 289 g/mol. The summed E-state index contributed by atoms with van der Waals surface area (Å²) >= 11 is 0. The fourth-order valence-electron chi connectivity index (χ4n) is 4.02. The summed E-state index contributed by atoms with van der Waals surface area (Å²) in [5.74, 6) is -0.382. The number of amidine groups is 1. The lowest BCUT2D eigenvalue weighted by Gasteiger charge is -2.45. The molecule has 2 fully saturated rings. The number of anilines is 1. The van der Waals surface area contributed by atoms with Crippen LogP contribution in [0.1, 0.15) is 50.5 Å². The van der Waals surface area contributed by atoms with Crippen molar-refractivity contribution in [3.8, 4) is 0 Å². The maximum Gasteiger partial charge on any atom is 0.125 e. The number of nitrogen functional groups attached to an aromatic ring is 1. The number of nitrogens with one attached hydrogen (secondary N) is 1. The Hall–Kier alpha value is -1.58. The van der Waals surface area contributed by atoms with Gasteiger partial charge < -0.3 is 10.6 Å². The molecule has 0 unspecified atom stereocenters. The molecule has 0 bridgehead atoms. The van der Waals surface area contributed by atoms with Crippen LogP contribution in [0.3, 0.4) is 0 Å². The van der Waals surface area contributed by atoms with Crippen molar-refractivity contribution >= 4 is 11.5 Å². The first-order chi connectivity index (χ1) is 10.1. The SMILES string of the molecule is N=C(N)c1cc(F)ccc1N1CCC2(CCCCC2)CC1. The van der Waals surface area contributed by atoms with Crippen LogP contribution < -0.4 is 10.6 Å². The average molecular weight is 289 g/mol. The minimum atomic E-state index is -0.329. The van der Waals surface area contributed by atoms with Crippen molar-refractivity contribution < 1.29 is 4.39 Å². The van der Waals surface area contributed by atoms with Gasteiger partial charge in [0, 0.05) is 24.3 Å². The Balaban J connectivity index is 1.76. The fourth-order valence-corrected chi connectivity index (χ4v) is 4.02. The summed E-state index contributed by atoms with van der Waals surface area (Å²) in [5, 5.41) is 7.67. The number of hydrogen-bond donors (Lipinski definition) is 2. The van der Waals surface area contributed by atoms with Crippen LogP contribution in [-0.2, 0) is 0 Å². The van der Waals surface area contributed by atoms with Gasteiger partial charge in [0.25, 0.3) is 0 Å². The van der Waals surface area contributed by atoms with Crippen molar-refractivity contribution in [2.45, 2.75) is 44.9 Å². The van der Waals surface area contributed by atoms with E-state index in [1.807, 2.05) is 0 Å². The van der Waals surface area contributed by atoms with Crippen molar-refractivity contribution in [2.24, 2.45) is 11.1 Å². The van der Waals surface area contributed by atoms with Gasteiger partial charge in [0.15, 0.2) is 0 Å². The summed E-state index contributed by atoms with van der Waals surface area (Å²) in [6.07, 6.45) is 9.28. The van der Waals surface area contributed by atoms with Gasteiger partial charge in [-0.2, -0.15) is 0 Å². The van der Waals surface area contributed by atoms with E-state index in [0.717, 1.165) is 18.8 Å². The summed E-state index contributed by atoms with van der Waals surface area (Å²) in [6.45, 7) is 1.98. The Bertz CT molecular complexity index is 525. The molecule has 0 aromatic heterocycles. The lowest BCUT2D eigenvalue weighted by Crippen LogP contribution is -2.41. The van der Waals surface area contributed by atoms with Crippen LogP contribution in [0.5, 0.6) is 0 Å². The molecule has 1 spiro atoms. The lowest BCUT2D eigenvalue weighted by atomic mass is 9.68. The molecule has 0 atom stereocenters. The fraction of sp³-hybridized carbons (Fsp3) is 0.588. The summed E-state index contributed by atoms with van der Waals surface area (Å²) < 4.78 is 13.4. The number of benzene rings is 1. The first-order valence-electron chi connectivity index (χ1n) is 7.99. The Kier molecular flexibility index (Phi) is 3.87. The minimum Gasteiger partial charge on any atom is -0.384 e. The van der Waals surface area contributed by atoms with E-state index in [9.17, 15) is 4.39 Å². The third-order valence-corrected chi connectivity index (χ3v) is 5.33. The first kappa shape index (κ1) is 14.4. The van der Waals surface area contributed by atoms with Crippen LogP contribution in [0.2, 0.25) is 0 Å². The normalized spacial score (nSPS) is 21.5. The average Bonchev–Trinajstić information content (AvgIpc) is 2.49. The van der Waals surface area contributed by atoms with Gasteiger partial charge >= 0.3 is 0 Å². The van der Waals surface area contributed by atoms with E-state index in [1.54, 1.807) is 6.07 Å². The van der Waals surface area contributed by atoms with Gasteiger partial charge in [0.2, 0.25) is 0 Å². The molecule has 1 saturated carbocycles. The Labute approximate surface area is 125 Å². The number of halogens is 1. The third kappa shape index (κ3) is 2.89. The molecule has 114 valence electrons. The Morgan fingerprint density at radius 3 is 2.38 bits per heavy atom. The van der Waals surface area contributed by atoms with Crippen LogP contribution in [-0.4, -0.2) is 18.9 Å². The molecule has 1 heterocycles. The van der Waals surface area contributed by atoms with E-state index >= 15 is 0 Å². The molecule has 3 rings (SSSR count). The number of nitrogens with two attached hydrogens (primary N) is 1. The van der Waals surface area contributed by atoms with Crippen LogP contribution >= 0.6 is 0 Å². The Morgan fingerprint density at radius 2 is 1.76 bits per heavy atom. The predicted octanol–water partition coefficient (Wildman–Crippen LogP) is 3.66. The van der Waals surface area contributed by atoms with Crippen LogP contribution in [0.25, 0.3) is 0 Å². The minimum absolute atomic E-state index is 0.0533. The summed E-state index contributed by atoms with van der Waals surface area (Å²) in [7, 11) is 0. The zero-order valence-electron chi connectivity index (χ0n) is 12.5. The zero-order valence-corrected chi connectivity index (χ0v) is 12.5. The van der Waals surface area contributed by atoms with E-state index in [-0.39, 0.29) is 11.7 Å². The van der Waals surface area contributed by atoms with Gasteiger partial charge in [-0.3, -0.25) is 5.41 Å². The summed E-state index contributed by atoms with van der Waals surface area (Å²) in [5.41, 5.74) is 7.60. The van der Waals surface area contributed by atoms with E-state index in [0.29, 0.717) is 11.0 Å². The lowest BCUT2D eigenvalue weighted by molar-refractivity contribution is 0.144.